The molecule has 5 heteroatoms. The molecular weight excluding hydrogens is 350 g/mol. The van der Waals surface area contributed by atoms with Crippen LogP contribution in [0.15, 0.2) is 11.8 Å². The molecule has 5 nitrogen and oxygen atoms in total. The lowest BCUT2D eigenvalue weighted by Gasteiger charge is -2.35. The van der Waals surface area contributed by atoms with Crippen molar-refractivity contribution in [1.82, 2.24) is 10.2 Å². The van der Waals surface area contributed by atoms with Crippen molar-refractivity contribution in [1.29, 1.82) is 5.26 Å². The minimum absolute atomic E-state index is 0.144. The quantitative estimate of drug-likeness (QED) is 0.539. The minimum atomic E-state index is -0.229. The lowest BCUT2D eigenvalue weighted by atomic mass is 9.97. The van der Waals surface area contributed by atoms with E-state index in [0.717, 1.165) is 51.5 Å². The van der Waals surface area contributed by atoms with E-state index in [0.29, 0.717) is 6.42 Å². The van der Waals surface area contributed by atoms with Gasteiger partial charge < -0.3 is 15.3 Å². The second-order valence-corrected chi connectivity index (χ2v) is 8.48. The van der Waals surface area contributed by atoms with Gasteiger partial charge in [-0.1, -0.05) is 57.8 Å². The fourth-order valence-electron chi connectivity index (χ4n) is 4.53. The maximum absolute atomic E-state index is 12.8. The molecule has 1 saturated heterocycles. The SMILES string of the molecule is N#C/C(=C/N1CCCCC1CCO)C(=O)NC1CCCCCCCCCCC1. The molecule has 1 heterocycles. The van der Waals surface area contributed by atoms with Crippen LogP contribution in [0.2, 0.25) is 0 Å². The molecular formula is C23H39N3O2. The molecule has 158 valence electrons. The number of rotatable bonds is 5. The predicted octanol–water partition coefficient (Wildman–Crippen LogP) is 4.42. The van der Waals surface area contributed by atoms with Gasteiger partial charge in [-0.3, -0.25) is 4.79 Å². The highest BCUT2D eigenvalue weighted by atomic mass is 16.3. The Hall–Kier alpha value is -1.54. The Bertz CT molecular complexity index is 512. The smallest absolute Gasteiger partial charge is 0.263 e. The standard InChI is InChI=1S/C23H39N3O2/c24-18-20(19-26-16-11-10-14-22(26)15-17-27)23(28)25-21-12-8-6-4-2-1-3-5-7-9-13-21/h19,21-22,27H,1-17H2,(H,25,28)/b20-19-. The first-order valence-corrected chi connectivity index (χ1v) is 11.5. The highest BCUT2D eigenvalue weighted by Gasteiger charge is 2.22. The zero-order chi connectivity index (χ0) is 20.0. The molecule has 1 atom stereocenters. The molecule has 0 aromatic rings. The molecule has 2 aliphatic rings. The first-order valence-electron chi connectivity index (χ1n) is 11.5. The van der Waals surface area contributed by atoms with Crippen molar-refractivity contribution in [3.05, 3.63) is 11.8 Å². The first-order chi connectivity index (χ1) is 13.7. The summed E-state index contributed by atoms with van der Waals surface area (Å²) in [6, 6.07) is 2.53. The lowest BCUT2D eigenvalue weighted by Crippen LogP contribution is -2.39. The summed E-state index contributed by atoms with van der Waals surface area (Å²) in [7, 11) is 0. The molecule has 2 rings (SSSR count). The molecule has 2 fully saturated rings. The molecule has 28 heavy (non-hydrogen) atoms. The van der Waals surface area contributed by atoms with Crippen LogP contribution >= 0.6 is 0 Å². The fraction of sp³-hybridized carbons (Fsp3) is 0.826. The van der Waals surface area contributed by atoms with Gasteiger partial charge in [0.25, 0.3) is 5.91 Å². The van der Waals surface area contributed by atoms with Crippen LogP contribution in [0.3, 0.4) is 0 Å². The van der Waals surface area contributed by atoms with E-state index < -0.39 is 0 Å². The topological polar surface area (TPSA) is 76.4 Å². The number of piperidine rings is 1. The zero-order valence-corrected chi connectivity index (χ0v) is 17.5. The van der Waals surface area contributed by atoms with Gasteiger partial charge in [0.1, 0.15) is 11.6 Å². The highest BCUT2D eigenvalue weighted by Crippen LogP contribution is 2.21. The van der Waals surface area contributed by atoms with Gasteiger partial charge in [-0.2, -0.15) is 5.26 Å². The maximum atomic E-state index is 12.8. The van der Waals surface area contributed by atoms with Crippen LogP contribution in [0.5, 0.6) is 0 Å². The predicted molar refractivity (Wildman–Crippen MR) is 112 cm³/mol. The van der Waals surface area contributed by atoms with E-state index in [1.807, 2.05) is 0 Å². The van der Waals surface area contributed by atoms with Crippen molar-refractivity contribution in [3.8, 4) is 6.07 Å². The molecule has 0 aromatic carbocycles. The van der Waals surface area contributed by atoms with Crippen LogP contribution < -0.4 is 5.32 Å². The van der Waals surface area contributed by atoms with Gasteiger partial charge in [0, 0.05) is 31.4 Å². The van der Waals surface area contributed by atoms with E-state index in [4.69, 9.17) is 0 Å². The Morgan fingerprint density at radius 2 is 1.54 bits per heavy atom. The summed E-state index contributed by atoms with van der Waals surface area (Å²) < 4.78 is 0. The van der Waals surface area contributed by atoms with Gasteiger partial charge in [0.05, 0.1) is 0 Å². The second-order valence-electron chi connectivity index (χ2n) is 8.48. The second kappa shape index (κ2) is 13.6. The van der Waals surface area contributed by atoms with Crippen molar-refractivity contribution in [3.63, 3.8) is 0 Å². The molecule has 0 radical (unpaired) electrons. The molecule has 0 bridgehead atoms. The normalized spacial score (nSPS) is 23.9. The summed E-state index contributed by atoms with van der Waals surface area (Å²) in [5.41, 5.74) is 0.205. The zero-order valence-electron chi connectivity index (χ0n) is 17.5. The maximum Gasteiger partial charge on any atom is 0.263 e. The third kappa shape index (κ3) is 8.22. The van der Waals surface area contributed by atoms with Crippen molar-refractivity contribution in [2.24, 2.45) is 0 Å². The van der Waals surface area contributed by atoms with Crippen molar-refractivity contribution in [2.45, 2.75) is 108 Å². The Kier molecular flexibility index (Phi) is 11.1. The largest absolute Gasteiger partial charge is 0.396 e. The van der Waals surface area contributed by atoms with E-state index in [-0.39, 0.29) is 30.2 Å². The molecule has 1 aliphatic heterocycles. The average molecular weight is 390 g/mol. The van der Waals surface area contributed by atoms with E-state index in [1.54, 1.807) is 6.20 Å². The highest BCUT2D eigenvalue weighted by molar-refractivity contribution is 5.97. The summed E-state index contributed by atoms with van der Waals surface area (Å²) >= 11 is 0. The number of nitriles is 1. The number of likely N-dealkylation sites (tertiary alicyclic amines) is 1. The lowest BCUT2D eigenvalue weighted by molar-refractivity contribution is -0.118. The third-order valence-electron chi connectivity index (χ3n) is 6.24. The summed E-state index contributed by atoms with van der Waals surface area (Å²) in [5, 5.41) is 22.0. The number of nitrogens with zero attached hydrogens (tertiary/aromatic N) is 2. The number of carbonyl (C=O) groups excluding carboxylic acids is 1. The van der Waals surface area contributed by atoms with Gasteiger partial charge in [-0.15, -0.1) is 0 Å². The molecule has 1 amide bonds. The van der Waals surface area contributed by atoms with Gasteiger partial charge in [0.15, 0.2) is 0 Å². The number of hydrogen-bond acceptors (Lipinski definition) is 4. The Morgan fingerprint density at radius 3 is 2.11 bits per heavy atom. The van der Waals surface area contributed by atoms with Gasteiger partial charge >= 0.3 is 0 Å². The first kappa shape index (κ1) is 22.7. The van der Waals surface area contributed by atoms with Crippen molar-refractivity contribution < 1.29 is 9.90 Å². The van der Waals surface area contributed by atoms with Gasteiger partial charge in [-0.05, 0) is 38.5 Å². The number of aliphatic hydroxyl groups is 1. The number of hydrogen-bond donors (Lipinski definition) is 2. The summed E-state index contributed by atoms with van der Waals surface area (Å²) in [6.45, 7) is 0.998. The summed E-state index contributed by atoms with van der Waals surface area (Å²) in [5.74, 6) is -0.229. The summed E-state index contributed by atoms with van der Waals surface area (Å²) in [4.78, 5) is 14.9. The molecule has 0 aromatic heterocycles. The molecule has 1 unspecified atom stereocenters. The Balaban J connectivity index is 1.94. The molecule has 1 aliphatic carbocycles. The fourth-order valence-corrected chi connectivity index (χ4v) is 4.53. The summed E-state index contributed by atoms with van der Waals surface area (Å²) in [6.07, 6.45) is 19.1. The van der Waals surface area contributed by atoms with Gasteiger partial charge in [-0.25, -0.2) is 0 Å². The molecule has 0 spiro atoms. The van der Waals surface area contributed by atoms with Crippen LogP contribution in [-0.2, 0) is 4.79 Å². The van der Waals surface area contributed by atoms with Gasteiger partial charge in [0.2, 0.25) is 0 Å². The van der Waals surface area contributed by atoms with Crippen LogP contribution in [0.25, 0.3) is 0 Å². The molecule has 2 N–H and O–H groups in total. The van der Waals surface area contributed by atoms with E-state index >= 15 is 0 Å². The number of aliphatic hydroxyl groups excluding tert-OH is 1. The van der Waals surface area contributed by atoms with Crippen LogP contribution in [0, 0.1) is 11.3 Å². The third-order valence-corrected chi connectivity index (χ3v) is 6.24. The minimum Gasteiger partial charge on any atom is -0.396 e. The van der Waals surface area contributed by atoms with Crippen LogP contribution in [0.1, 0.15) is 96.3 Å². The molecule has 1 saturated carbocycles. The van der Waals surface area contributed by atoms with Crippen molar-refractivity contribution >= 4 is 5.91 Å². The van der Waals surface area contributed by atoms with Crippen LogP contribution in [-0.4, -0.2) is 41.1 Å². The van der Waals surface area contributed by atoms with E-state index in [9.17, 15) is 15.2 Å². The van der Waals surface area contributed by atoms with E-state index in [2.05, 4.69) is 16.3 Å². The van der Waals surface area contributed by atoms with Crippen LogP contribution in [0.4, 0.5) is 0 Å². The Morgan fingerprint density at radius 1 is 0.964 bits per heavy atom. The average Bonchev–Trinajstić information content (AvgIpc) is 2.69. The number of amides is 1. The van der Waals surface area contributed by atoms with Crippen molar-refractivity contribution in [2.75, 3.05) is 13.2 Å². The van der Waals surface area contributed by atoms with E-state index in [1.165, 1.54) is 44.9 Å². The number of nitrogens with one attached hydrogen (secondary N) is 1. The monoisotopic (exact) mass is 389 g/mol. The number of carbonyl (C=O) groups is 1. The Labute approximate surface area is 171 Å².